The summed E-state index contributed by atoms with van der Waals surface area (Å²) in [5.41, 5.74) is 4.07. The molecule has 1 atom stereocenters. The SMILES string of the molecule is Cc1cc(C)cc(-n2c(SCC(=O)NC3CCS(=O)(=O)C3)nnc2-c2ccc(Br)cc2)c1. The van der Waals surface area contributed by atoms with Gasteiger partial charge in [0.05, 0.1) is 22.9 Å². The Morgan fingerprint density at radius 1 is 1.16 bits per heavy atom. The van der Waals surface area contributed by atoms with Gasteiger partial charge in [0, 0.05) is 16.1 Å². The Morgan fingerprint density at radius 2 is 1.84 bits per heavy atom. The molecule has 1 N–H and O–H groups in total. The zero-order valence-corrected chi connectivity index (χ0v) is 20.9. The van der Waals surface area contributed by atoms with Crippen LogP contribution in [0.4, 0.5) is 0 Å². The average Bonchev–Trinajstić information content (AvgIpc) is 3.29. The molecule has 7 nitrogen and oxygen atoms in total. The summed E-state index contributed by atoms with van der Waals surface area (Å²) < 4.78 is 26.2. The van der Waals surface area contributed by atoms with Crippen molar-refractivity contribution in [1.29, 1.82) is 0 Å². The minimum Gasteiger partial charge on any atom is -0.352 e. The molecule has 2 aromatic carbocycles. The number of aromatic nitrogens is 3. The molecule has 0 spiro atoms. The second kappa shape index (κ2) is 9.36. The van der Waals surface area contributed by atoms with Crippen LogP contribution in [0.5, 0.6) is 0 Å². The van der Waals surface area contributed by atoms with Crippen LogP contribution in [0.1, 0.15) is 17.5 Å². The van der Waals surface area contributed by atoms with Gasteiger partial charge in [-0.3, -0.25) is 9.36 Å². The average molecular weight is 535 g/mol. The first-order valence-corrected chi connectivity index (χ1v) is 13.7. The van der Waals surface area contributed by atoms with Gasteiger partial charge in [-0.1, -0.05) is 45.9 Å². The lowest BCUT2D eigenvalue weighted by atomic mass is 10.1. The van der Waals surface area contributed by atoms with Crippen LogP contribution >= 0.6 is 27.7 Å². The molecule has 3 aromatic rings. The number of thioether (sulfide) groups is 1. The summed E-state index contributed by atoms with van der Waals surface area (Å²) in [6, 6.07) is 13.7. The van der Waals surface area contributed by atoms with E-state index in [1.54, 1.807) is 0 Å². The highest BCUT2D eigenvalue weighted by molar-refractivity contribution is 9.10. The fourth-order valence-electron chi connectivity index (χ4n) is 3.77. The smallest absolute Gasteiger partial charge is 0.230 e. The van der Waals surface area contributed by atoms with E-state index in [-0.39, 0.29) is 29.2 Å². The summed E-state index contributed by atoms with van der Waals surface area (Å²) in [5.74, 6) is 0.739. The van der Waals surface area contributed by atoms with Crippen molar-refractivity contribution in [3.8, 4) is 17.1 Å². The highest BCUT2D eigenvalue weighted by Gasteiger charge is 2.29. The highest BCUT2D eigenvalue weighted by atomic mass is 79.9. The van der Waals surface area contributed by atoms with E-state index < -0.39 is 9.84 Å². The van der Waals surface area contributed by atoms with Crippen LogP contribution in [0.15, 0.2) is 52.1 Å². The van der Waals surface area contributed by atoms with E-state index in [1.165, 1.54) is 11.8 Å². The molecule has 1 amide bonds. The number of carbonyl (C=O) groups is 1. The van der Waals surface area contributed by atoms with E-state index >= 15 is 0 Å². The van der Waals surface area contributed by atoms with E-state index in [4.69, 9.17) is 0 Å². The van der Waals surface area contributed by atoms with Crippen molar-refractivity contribution in [1.82, 2.24) is 20.1 Å². The molecule has 0 saturated carbocycles. The van der Waals surface area contributed by atoms with Gasteiger partial charge >= 0.3 is 0 Å². The monoisotopic (exact) mass is 534 g/mol. The van der Waals surface area contributed by atoms with Crippen LogP contribution in [0, 0.1) is 13.8 Å². The lowest BCUT2D eigenvalue weighted by Gasteiger charge is -2.13. The third-order valence-corrected chi connectivity index (χ3v) is 8.36. The largest absolute Gasteiger partial charge is 0.352 e. The van der Waals surface area contributed by atoms with Crippen molar-refractivity contribution in [2.75, 3.05) is 17.3 Å². The van der Waals surface area contributed by atoms with Crippen LogP contribution < -0.4 is 5.32 Å². The highest BCUT2D eigenvalue weighted by Crippen LogP contribution is 2.29. The first-order chi connectivity index (χ1) is 15.2. The standard InChI is InChI=1S/C22H23BrN4O3S2/c1-14-9-15(2)11-19(10-14)27-21(16-3-5-17(23)6-4-16)25-26-22(27)31-12-20(28)24-18-7-8-32(29,30)13-18/h3-6,9-11,18H,7-8,12-13H2,1-2H3,(H,24,28). The molecular formula is C22H23BrN4O3S2. The third-order valence-electron chi connectivity index (χ3n) is 5.13. The quantitative estimate of drug-likeness (QED) is 0.484. The zero-order valence-electron chi connectivity index (χ0n) is 17.7. The first-order valence-electron chi connectivity index (χ1n) is 10.1. The number of hydrogen-bond acceptors (Lipinski definition) is 6. The van der Waals surface area contributed by atoms with Gasteiger partial charge in [-0.2, -0.15) is 0 Å². The molecule has 168 valence electrons. The Bertz CT molecular complexity index is 1240. The van der Waals surface area contributed by atoms with E-state index in [9.17, 15) is 13.2 Å². The number of carbonyl (C=O) groups excluding carboxylic acids is 1. The van der Waals surface area contributed by atoms with Gasteiger partial charge in [-0.05, 0) is 55.7 Å². The van der Waals surface area contributed by atoms with Crippen LogP contribution in [-0.4, -0.2) is 52.4 Å². The number of nitrogens with zero attached hydrogens (tertiary/aromatic N) is 3. The maximum absolute atomic E-state index is 12.5. The molecule has 1 unspecified atom stereocenters. The summed E-state index contributed by atoms with van der Waals surface area (Å²) >= 11 is 4.74. The van der Waals surface area contributed by atoms with Crippen LogP contribution in [0.2, 0.25) is 0 Å². The van der Waals surface area contributed by atoms with Gasteiger partial charge < -0.3 is 5.32 Å². The Kier molecular flexibility index (Phi) is 6.73. The van der Waals surface area contributed by atoms with Crippen molar-refractivity contribution < 1.29 is 13.2 Å². The minimum absolute atomic E-state index is 0.00979. The third kappa shape index (κ3) is 5.41. The maximum atomic E-state index is 12.5. The summed E-state index contributed by atoms with van der Waals surface area (Å²) in [7, 11) is -3.04. The van der Waals surface area contributed by atoms with Crippen LogP contribution in [-0.2, 0) is 14.6 Å². The number of nitrogens with one attached hydrogen (secondary N) is 1. The van der Waals surface area contributed by atoms with E-state index in [1.807, 2.05) is 42.7 Å². The van der Waals surface area contributed by atoms with Crippen molar-refractivity contribution in [2.45, 2.75) is 31.5 Å². The minimum atomic E-state index is -3.04. The second-order valence-electron chi connectivity index (χ2n) is 7.95. The predicted octanol–water partition coefficient (Wildman–Crippen LogP) is 3.71. The van der Waals surface area contributed by atoms with E-state index in [0.717, 1.165) is 26.9 Å². The van der Waals surface area contributed by atoms with Gasteiger partial charge in [0.2, 0.25) is 5.91 Å². The number of halogens is 1. The first kappa shape index (κ1) is 23.0. The molecule has 32 heavy (non-hydrogen) atoms. The van der Waals surface area contributed by atoms with Gasteiger partial charge in [-0.25, -0.2) is 8.42 Å². The molecule has 1 aliphatic rings. The summed E-state index contributed by atoms with van der Waals surface area (Å²) in [6.45, 7) is 4.08. The number of amides is 1. The molecule has 1 aliphatic heterocycles. The number of hydrogen-bond donors (Lipinski definition) is 1. The topological polar surface area (TPSA) is 94.0 Å². The lowest BCUT2D eigenvalue weighted by Crippen LogP contribution is -2.36. The Morgan fingerprint density at radius 3 is 2.47 bits per heavy atom. The van der Waals surface area contributed by atoms with Gasteiger partial charge in [-0.15, -0.1) is 10.2 Å². The molecule has 1 fully saturated rings. The number of aryl methyl sites for hydroxylation is 2. The molecule has 10 heteroatoms. The lowest BCUT2D eigenvalue weighted by molar-refractivity contribution is -0.119. The number of rotatable bonds is 6. The molecule has 1 saturated heterocycles. The Hall–Kier alpha value is -2.17. The summed E-state index contributed by atoms with van der Waals surface area (Å²) in [6.07, 6.45) is 0.463. The second-order valence-corrected chi connectivity index (χ2v) is 12.0. The van der Waals surface area contributed by atoms with E-state index in [2.05, 4.69) is 49.6 Å². The summed E-state index contributed by atoms with van der Waals surface area (Å²) in [4.78, 5) is 12.5. The van der Waals surface area contributed by atoms with E-state index in [0.29, 0.717) is 17.4 Å². The van der Waals surface area contributed by atoms with Gasteiger partial charge in [0.1, 0.15) is 0 Å². The van der Waals surface area contributed by atoms with Crippen molar-refractivity contribution in [3.05, 3.63) is 58.1 Å². The molecule has 2 heterocycles. The van der Waals surface area contributed by atoms with Crippen molar-refractivity contribution in [2.24, 2.45) is 0 Å². The molecule has 0 bridgehead atoms. The van der Waals surface area contributed by atoms with Crippen molar-refractivity contribution in [3.63, 3.8) is 0 Å². The Labute approximate surface area is 200 Å². The molecule has 0 aliphatic carbocycles. The number of sulfone groups is 1. The fraction of sp³-hybridized carbons (Fsp3) is 0.318. The normalized spacial score (nSPS) is 17.4. The molecule has 4 rings (SSSR count). The molecule has 1 aromatic heterocycles. The summed E-state index contributed by atoms with van der Waals surface area (Å²) in [5, 5.41) is 12.2. The van der Waals surface area contributed by atoms with Crippen LogP contribution in [0.3, 0.4) is 0 Å². The predicted molar refractivity (Wildman–Crippen MR) is 130 cm³/mol. The van der Waals surface area contributed by atoms with Gasteiger partial charge in [0.25, 0.3) is 0 Å². The maximum Gasteiger partial charge on any atom is 0.230 e. The Balaban J connectivity index is 1.60. The van der Waals surface area contributed by atoms with Crippen LogP contribution in [0.25, 0.3) is 17.1 Å². The van der Waals surface area contributed by atoms with Gasteiger partial charge in [0.15, 0.2) is 20.8 Å². The number of benzene rings is 2. The van der Waals surface area contributed by atoms with Crippen molar-refractivity contribution >= 4 is 43.4 Å². The molecular weight excluding hydrogens is 512 g/mol. The molecule has 0 radical (unpaired) electrons. The zero-order chi connectivity index (χ0) is 22.9. The fourth-order valence-corrected chi connectivity index (χ4v) is 6.47.